The van der Waals surface area contributed by atoms with E-state index in [1.165, 1.54) is 0 Å². The Balaban J connectivity index is 0.000000923. The van der Waals surface area contributed by atoms with Crippen LogP contribution in [0.2, 0.25) is 0 Å². The maximum atomic E-state index is 12.7. The van der Waals surface area contributed by atoms with Crippen molar-refractivity contribution in [2.45, 2.75) is 142 Å². The fourth-order valence-corrected chi connectivity index (χ4v) is 10.8. The van der Waals surface area contributed by atoms with E-state index in [1.807, 2.05) is 74.4 Å². The van der Waals surface area contributed by atoms with Crippen LogP contribution in [0.4, 0.5) is 0 Å². The third-order valence-electron chi connectivity index (χ3n) is 9.60. The van der Waals surface area contributed by atoms with E-state index in [0.717, 1.165) is 24.0 Å². The fraction of sp³-hybridized carbons (Fsp3) is 0.633. The summed E-state index contributed by atoms with van der Waals surface area (Å²) in [5.41, 5.74) is 4.45. The average Bonchev–Trinajstić information content (AvgIpc) is 3.12. The van der Waals surface area contributed by atoms with Crippen LogP contribution in [0.1, 0.15) is 137 Å². The number of phenolic OH excluding ortho intramolecular Hbond substituents is 3. The van der Waals surface area contributed by atoms with E-state index in [1.54, 1.807) is 44.8 Å². The van der Waals surface area contributed by atoms with Gasteiger partial charge in [-0.05, 0) is 165 Å². The van der Waals surface area contributed by atoms with Crippen LogP contribution < -0.4 is 25.7 Å². The van der Waals surface area contributed by atoms with Crippen molar-refractivity contribution in [3.8, 4) is 17.2 Å². The molecule has 0 bridgehead atoms. The minimum Gasteiger partial charge on any atom is -0.775 e. The van der Waals surface area contributed by atoms with Gasteiger partial charge in [0.05, 0.1) is 19.8 Å². The zero-order chi connectivity index (χ0) is 48.6. The van der Waals surface area contributed by atoms with Gasteiger partial charge in [-0.3, -0.25) is 4.57 Å². The summed E-state index contributed by atoms with van der Waals surface area (Å²) >= 11 is 0. The molecule has 360 valence electrons. The van der Waals surface area contributed by atoms with Crippen LogP contribution >= 0.6 is 22.6 Å². The molecular weight excluding hydrogens is 898 g/mol. The molecule has 3 atom stereocenters. The molecule has 11 nitrogen and oxygen atoms in total. The van der Waals surface area contributed by atoms with Gasteiger partial charge in [0.15, 0.2) is 15.2 Å². The van der Waals surface area contributed by atoms with Crippen LogP contribution in [-0.2, 0) is 65.8 Å². The molecule has 3 aromatic carbocycles. The Bertz CT molecular complexity index is 1710. The van der Waals surface area contributed by atoms with Crippen molar-refractivity contribution in [3.05, 3.63) is 69.8 Å². The molecule has 0 heterocycles. The first-order valence-corrected chi connectivity index (χ1v) is 27.9. The van der Waals surface area contributed by atoms with Crippen LogP contribution in [0.25, 0.3) is 0 Å². The Hall–Kier alpha value is -1.19. The summed E-state index contributed by atoms with van der Waals surface area (Å²) in [5.74, 6) is 2.98. The number of rotatable bonds is 21. The first kappa shape index (κ1) is 62.8. The summed E-state index contributed by atoms with van der Waals surface area (Å²) in [5, 5.41) is 32.3. The van der Waals surface area contributed by atoms with Gasteiger partial charge >= 0.3 is 37.7 Å². The number of hydrogen-bond donors (Lipinski definition) is 3. The Kier molecular flexibility index (Phi) is 28.4. The summed E-state index contributed by atoms with van der Waals surface area (Å²) in [6.45, 7) is 32.2. The van der Waals surface area contributed by atoms with E-state index in [2.05, 4.69) is 27.7 Å². The van der Waals surface area contributed by atoms with Gasteiger partial charge in [0.25, 0.3) is 0 Å². The van der Waals surface area contributed by atoms with Gasteiger partial charge in [-0.15, -0.1) is 0 Å². The van der Waals surface area contributed by atoms with Crippen LogP contribution in [0, 0.1) is 35.5 Å². The zero-order valence-electron chi connectivity index (χ0n) is 41.9. The molecule has 0 radical (unpaired) electrons. The zero-order valence-corrected chi connectivity index (χ0v) is 46.8. The maximum absolute atomic E-state index is 12.7. The largest absolute Gasteiger partial charge is 2.00 e. The molecule has 64 heavy (non-hydrogen) atoms. The Morgan fingerprint density at radius 1 is 0.422 bits per heavy atom. The fourth-order valence-electron chi connectivity index (χ4n) is 7.16. The van der Waals surface area contributed by atoms with E-state index in [9.17, 15) is 38.8 Å². The number of aromatic hydroxyl groups is 3. The van der Waals surface area contributed by atoms with Gasteiger partial charge < -0.3 is 47.8 Å². The van der Waals surface area contributed by atoms with Crippen LogP contribution in [-0.4, -0.2) is 79.5 Å². The van der Waals surface area contributed by atoms with E-state index in [4.69, 9.17) is 13.6 Å². The molecule has 0 spiro atoms. The van der Waals surface area contributed by atoms with Gasteiger partial charge in [-0.25, -0.2) is 0 Å². The van der Waals surface area contributed by atoms with Crippen molar-refractivity contribution in [3.63, 3.8) is 0 Å². The van der Waals surface area contributed by atoms with Crippen molar-refractivity contribution < 1.29 is 52.4 Å². The van der Waals surface area contributed by atoms with Crippen molar-refractivity contribution in [2.75, 3.05) is 26.5 Å². The SMILES string of the molecule is CCOP(=O)([O-])c1cc(CC(C)C)c(O)c(CC(C)C)c1.CCOP(=O)([O-])c1cc(CC(C)C)c(O)c(CC(C)C)c1.CCOP(C)(=O)c1cc(CC(C)C)c(O)c(CC(C)C)c1.[Ca+2]. The molecule has 0 aromatic heterocycles. The Morgan fingerprint density at radius 3 is 0.781 bits per heavy atom. The standard InChI is InChI=1S/C17H29O3P.2C16H27O4P.Ca/c1-7-20-21(6,19)16-10-14(8-12(2)3)17(18)15(11-16)9-13(4)5;2*1-6-20-21(18,19)15-9-13(7-11(2)3)16(17)14(10-15)8-12(4)5;/h10-13,18H,7-9H2,1-6H3;2*9-12,17H,6-8H2,1-5H3,(H,18,19);/q;;;+2/p-2. The molecule has 0 fully saturated rings. The molecule has 0 aliphatic heterocycles. The van der Waals surface area contributed by atoms with Gasteiger partial charge in [0.1, 0.15) is 17.2 Å². The van der Waals surface area contributed by atoms with Crippen LogP contribution in [0.3, 0.4) is 0 Å². The molecule has 15 heteroatoms. The number of benzene rings is 3. The van der Waals surface area contributed by atoms with Crippen molar-refractivity contribution in [1.29, 1.82) is 0 Å². The molecule has 0 saturated heterocycles. The molecule has 0 amide bonds. The molecular formula is C49H81CaO11P3. The van der Waals surface area contributed by atoms with Gasteiger partial charge in [0, 0.05) is 22.6 Å². The van der Waals surface area contributed by atoms with E-state index >= 15 is 0 Å². The minimum atomic E-state index is -4.07. The molecule has 3 N–H and O–H groups in total. The summed E-state index contributed by atoms with van der Waals surface area (Å²) < 4.78 is 52.2. The second-order valence-electron chi connectivity index (χ2n) is 19.0. The van der Waals surface area contributed by atoms with E-state index < -0.39 is 22.6 Å². The minimum absolute atomic E-state index is 0. The van der Waals surface area contributed by atoms with E-state index in [-0.39, 0.29) is 73.1 Å². The maximum Gasteiger partial charge on any atom is 2.00 e. The van der Waals surface area contributed by atoms with Crippen molar-refractivity contribution >= 4 is 76.2 Å². The van der Waals surface area contributed by atoms with E-state index in [0.29, 0.717) is 101 Å². The van der Waals surface area contributed by atoms with Gasteiger partial charge in [-0.2, -0.15) is 0 Å². The normalized spacial score (nSPS) is 14.4. The molecule has 3 unspecified atom stereocenters. The predicted octanol–water partition coefficient (Wildman–Crippen LogP) is 9.99. The second kappa shape index (κ2) is 29.0. The Morgan fingerprint density at radius 2 is 0.609 bits per heavy atom. The molecule has 0 aliphatic rings. The summed E-state index contributed by atoms with van der Waals surface area (Å²) in [6, 6.07) is 9.89. The molecule has 3 aromatic rings. The second-order valence-corrected chi connectivity index (χ2v) is 25.0. The predicted molar refractivity (Wildman–Crippen MR) is 264 cm³/mol. The summed E-state index contributed by atoms with van der Waals surface area (Å²) in [7, 11) is -10.9. The third-order valence-corrected chi connectivity index (χ3v) is 14.5. The summed E-state index contributed by atoms with van der Waals surface area (Å²) in [4.78, 5) is 24.3. The van der Waals surface area contributed by atoms with Crippen molar-refractivity contribution in [2.24, 2.45) is 35.5 Å². The topological polar surface area (TPSA) is 186 Å². The third kappa shape index (κ3) is 21.4. The smallest absolute Gasteiger partial charge is 0.775 e. The van der Waals surface area contributed by atoms with Crippen LogP contribution in [0.5, 0.6) is 17.2 Å². The van der Waals surface area contributed by atoms with Gasteiger partial charge in [0.2, 0.25) is 7.37 Å². The number of phenols is 3. The average molecular weight is 979 g/mol. The first-order chi connectivity index (χ1) is 29.0. The molecule has 0 saturated carbocycles. The monoisotopic (exact) mass is 978 g/mol. The molecule has 3 rings (SSSR count). The molecule has 0 aliphatic carbocycles. The van der Waals surface area contributed by atoms with Crippen LogP contribution in [0.15, 0.2) is 36.4 Å². The van der Waals surface area contributed by atoms with Crippen molar-refractivity contribution in [1.82, 2.24) is 0 Å². The summed E-state index contributed by atoms with van der Waals surface area (Å²) in [6.07, 6.45) is 4.09. The first-order valence-electron chi connectivity index (χ1n) is 22.7. The Labute approximate surface area is 417 Å². The van der Waals surface area contributed by atoms with Gasteiger partial charge in [-0.1, -0.05) is 83.1 Å². The quantitative estimate of drug-likeness (QED) is 0.0682. The number of hydrogen-bond acceptors (Lipinski definition) is 11.